The second kappa shape index (κ2) is 7.09. The fraction of sp³-hybridized carbons (Fsp3) is 0.600. The second-order valence-corrected chi connectivity index (χ2v) is 8.17. The molecule has 0 aromatic heterocycles. The van der Waals surface area contributed by atoms with Crippen LogP contribution in [0.4, 0.5) is 0 Å². The van der Waals surface area contributed by atoms with Crippen molar-refractivity contribution in [2.75, 3.05) is 19.6 Å². The van der Waals surface area contributed by atoms with Crippen molar-refractivity contribution in [3.8, 4) is 0 Å². The molecule has 21 heavy (non-hydrogen) atoms. The standard InChI is InChI=1S/C15H23ClN2O2S/c1-12(2)18(11-13-5-4-8-17-10-13)21(19,20)15-7-3-6-14(16)9-15/h3,6-7,9,12-13,17H,4-5,8,10-11H2,1-2H3. The van der Waals surface area contributed by atoms with Gasteiger partial charge in [-0.1, -0.05) is 17.7 Å². The van der Waals surface area contributed by atoms with E-state index in [9.17, 15) is 8.42 Å². The number of benzene rings is 1. The number of nitrogens with zero attached hydrogens (tertiary/aromatic N) is 1. The molecule has 1 aliphatic heterocycles. The predicted molar refractivity (Wildman–Crippen MR) is 86.1 cm³/mol. The van der Waals surface area contributed by atoms with Crippen LogP contribution in [-0.4, -0.2) is 38.4 Å². The molecule has 0 bridgehead atoms. The quantitative estimate of drug-likeness (QED) is 0.903. The van der Waals surface area contributed by atoms with E-state index in [2.05, 4.69) is 5.32 Å². The van der Waals surface area contributed by atoms with Gasteiger partial charge in [-0.3, -0.25) is 0 Å². The molecule has 0 spiro atoms. The molecule has 0 aliphatic carbocycles. The highest BCUT2D eigenvalue weighted by Crippen LogP contribution is 2.24. The van der Waals surface area contributed by atoms with Crippen LogP contribution in [0.2, 0.25) is 5.02 Å². The molecule has 1 heterocycles. The molecule has 1 N–H and O–H groups in total. The maximum atomic E-state index is 12.8. The van der Waals surface area contributed by atoms with E-state index in [4.69, 9.17) is 11.6 Å². The van der Waals surface area contributed by atoms with Crippen LogP contribution in [-0.2, 0) is 10.0 Å². The Labute approximate surface area is 132 Å². The van der Waals surface area contributed by atoms with Crippen LogP contribution in [0, 0.1) is 5.92 Å². The van der Waals surface area contributed by atoms with Crippen LogP contribution in [0.1, 0.15) is 26.7 Å². The van der Waals surface area contributed by atoms with E-state index in [-0.39, 0.29) is 10.9 Å². The summed E-state index contributed by atoms with van der Waals surface area (Å²) in [6.07, 6.45) is 2.18. The molecule has 1 aromatic rings. The van der Waals surface area contributed by atoms with Gasteiger partial charge in [-0.25, -0.2) is 8.42 Å². The normalized spacial score (nSPS) is 20.1. The highest BCUT2D eigenvalue weighted by atomic mass is 35.5. The Morgan fingerprint density at radius 1 is 1.43 bits per heavy atom. The minimum absolute atomic E-state index is 0.0732. The topological polar surface area (TPSA) is 49.4 Å². The third-order valence-electron chi connectivity index (χ3n) is 3.82. The summed E-state index contributed by atoms with van der Waals surface area (Å²) in [7, 11) is -3.50. The monoisotopic (exact) mass is 330 g/mol. The van der Waals surface area contributed by atoms with E-state index in [1.165, 1.54) is 6.07 Å². The third-order valence-corrected chi connectivity index (χ3v) is 6.09. The van der Waals surface area contributed by atoms with Gasteiger partial charge in [0.2, 0.25) is 10.0 Å². The molecule has 0 amide bonds. The molecule has 118 valence electrons. The smallest absolute Gasteiger partial charge is 0.243 e. The Kier molecular flexibility index (Phi) is 5.66. The Morgan fingerprint density at radius 3 is 2.76 bits per heavy atom. The Hall–Kier alpha value is -0.620. The molecule has 0 saturated carbocycles. The van der Waals surface area contributed by atoms with Gasteiger partial charge in [0.05, 0.1) is 4.90 Å². The highest BCUT2D eigenvalue weighted by molar-refractivity contribution is 7.89. The lowest BCUT2D eigenvalue weighted by Crippen LogP contribution is -2.44. The summed E-state index contributed by atoms with van der Waals surface area (Å²) in [6.45, 7) is 6.30. The van der Waals surface area contributed by atoms with Gasteiger partial charge in [-0.05, 0) is 63.9 Å². The predicted octanol–water partition coefficient (Wildman–Crippen LogP) is 2.74. The Bertz CT molecular complexity index is 569. The number of hydrogen-bond donors (Lipinski definition) is 1. The molecule has 1 saturated heterocycles. The molecular formula is C15H23ClN2O2S. The molecule has 4 nitrogen and oxygen atoms in total. The summed E-state index contributed by atoms with van der Waals surface area (Å²) in [5.74, 6) is 0.370. The molecule has 1 fully saturated rings. The Balaban J connectivity index is 2.23. The van der Waals surface area contributed by atoms with Crippen LogP contribution in [0.3, 0.4) is 0 Å². The van der Waals surface area contributed by atoms with Crippen molar-refractivity contribution in [3.63, 3.8) is 0 Å². The van der Waals surface area contributed by atoms with Gasteiger partial charge in [0.1, 0.15) is 0 Å². The number of hydrogen-bond acceptors (Lipinski definition) is 3. The lowest BCUT2D eigenvalue weighted by Gasteiger charge is -2.32. The van der Waals surface area contributed by atoms with Crippen molar-refractivity contribution in [2.45, 2.75) is 37.6 Å². The van der Waals surface area contributed by atoms with Crippen LogP contribution in [0.15, 0.2) is 29.2 Å². The van der Waals surface area contributed by atoms with Crippen molar-refractivity contribution in [3.05, 3.63) is 29.3 Å². The van der Waals surface area contributed by atoms with Crippen molar-refractivity contribution in [2.24, 2.45) is 5.92 Å². The molecular weight excluding hydrogens is 308 g/mol. The fourth-order valence-corrected chi connectivity index (χ4v) is 4.70. The molecule has 6 heteroatoms. The van der Waals surface area contributed by atoms with E-state index >= 15 is 0 Å². The lowest BCUT2D eigenvalue weighted by atomic mass is 9.99. The van der Waals surface area contributed by atoms with Crippen molar-refractivity contribution in [1.82, 2.24) is 9.62 Å². The van der Waals surface area contributed by atoms with Crippen molar-refractivity contribution < 1.29 is 8.42 Å². The van der Waals surface area contributed by atoms with Gasteiger partial charge in [0.15, 0.2) is 0 Å². The van der Waals surface area contributed by atoms with Gasteiger partial charge in [0.25, 0.3) is 0 Å². The first-order valence-corrected chi connectivity index (χ1v) is 9.21. The molecule has 1 aromatic carbocycles. The van der Waals surface area contributed by atoms with Gasteiger partial charge >= 0.3 is 0 Å². The van der Waals surface area contributed by atoms with Gasteiger partial charge in [-0.2, -0.15) is 4.31 Å². The summed E-state index contributed by atoms with van der Waals surface area (Å²) in [4.78, 5) is 0.271. The van der Waals surface area contributed by atoms with E-state index in [0.29, 0.717) is 17.5 Å². The van der Waals surface area contributed by atoms with Crippen LogP contribution < -0.4 is 5.32 Å². The number of piperidine rings is 1. The molecule has 0 radical (unpaired) electrons. The lowest BCUT2D eigenvalue weighted by molar-refractivity contribution is 0.264. The summed E-state index contributed by atoms with van der Waals surface area (Å²) in [5, 5.41) is 3.78. The van der Waals surface area contributed by atoms with Gasteiger partial charge in [-0.15, -0.1) is 0 Å². The highest BCUT2D eigenvalue weighted by Gasteiger charge is 2.30. The minimum atomic E-state index is -3.50. The molecule has 1 atom stereocenters. The average Bonchev–Trinajstić information content (AvgIpc) is 2.45. The SMILES string of the molecule is CC(C)N(CC1CCCNC1)S(=O)(=O)c1cccc(Cl)c1. The third kappa shape index (κ3) is 4.19. The average molecular weight is 331 g/mol. The summed E-state index contributed by atoms with van der Waals surface area (Å²) < 4.78 is 27.3. The van der Waals surface area contributed by atoms with E-state index in [0.717, 1.165) is 25.9 Å². The van der Waals surface area contributed by atoms with Crippen molar-refractivity contribution in [1.29, 1.82) is 0 Å². The zero-order chi connectivity index (χ0) is 15.5. The number of sulfonamides is 1. The summed E-state index contributed by atoms with van der Waals surface area (Å²) in [6, 6.07) is 6.42. The molecule has 1 aliphatic rings. The molecule has 1 unspecified atom stereocenters. The van der Waals surface area contributed by atoms with E-state index < -0.39 is 10.0 Å². The summed E-state index contributed by atoms with van der Waals surface area (Å²) >= 11 is 5.93. The number of halogens is 1. The second-order valence-electron chi connectivity index (χ2n) is 5.84. The zero-order valence-electron chi connectivity index (χ0n) is 12.5. The largest absolute Gasteiger partial charge is 0.316 e. The first-order chi connectivity index (χ1) is 9.91. The first kappa shape index (κ1) is 16.7. The van der Waals surface area contributed by atoms with Crippen molar-refractivity contribution >= 4 is 21.6 Å². The fourth-order valence-electron chi connectivity index (χ4n) is 2.68. The Morgan fingerprint density at radius 2 is 2.19 bits per heavy atom. The van der Waals surface area contributed by atoms with E-state index in [1.54, 1.807) is 22.5 Å². The van der Waals surface area contributed by atoms with Gasteiger partial charge < -0.3 is 5.32 Å². The van der Waals surface area contributed by atoms with E-state index in [1.807, 2.05) is 13.8 Å². The zero-order valence-corrected chi connectivity index (χ0v) is 14.1. The maximum absolute atomic E-state index is 12.8. The number of nitrogens with one attached hydrogen (secondary N) is 1. The number of rotatable bonds is 5. The van der Waals surface area contributed by atoms with Crippen LogP contribution in [0.25, 0.3) is 0 Å². The summed E-state index contributed by atoms with van der Waals surface area (Å²) in [5.41, 5.74) is 0. The van der Waals surface area contributed by atoms with Gasteiger partial charge in [0, 0.05) is 17.6 Å². The first-order valence-electron chi connectivity index (χ1n) is 7.39. The van der Waals surface area contributed by atoms with Crippen LogP contribution in [0.5, 0.6) is 0 Å². The maximum Gasteiger partial charge on any atom is 0.243 e. The minimum Gasteiger partial charge on any atom is -0.316 e. The molecule has 2 rings (SSSR count). The van der Waals surface area contributed by atoms with Crippen LogP contribution >= 0.6 is 11.6 Å².